The molecule has 1 heterocycles. The number of rotatable bonds is 6. The van der Waals surface area contributed by atoms with Crippen molar-refractivity contribution in [1.82, 2.24) is 5.32 Å². The number of benzene rings is 3. The van der Waals surface area contributed by atoms with E-state index in [1.807, 2.05) is 25.1 Å². The molecule has 1 aliphatic heterocycles. The summed E-state index contributed by atoms with van der Waals surface area (Å²) in [5.41, 5.74) is 1.90. The van der Waals surface area contributed by atoms with Crippen molar-refractivity contribution in [2.24, 2.45) is 0 Å². The Labute approximate surface area is 227 Å². The van der Waals surface area contributed by atoms with E-state index in [2.05, 4.69) is 42.5 Å². The van der Waals surface area contributed by atoms with Gasteiger partial charge in [0.2, 0.25) is 0 Å². The number of amides is 5. The number of hydrogen-bond donors (Lipinski definition) is 2. The van der Waals surface area contributed by atoms with Gasteiger partial charge in [-0.3, -0.25) is 19.7 Å². The van der Waals surface area contributed by atoms with Crippen LogP contribution in [0.15, 0.2) is 75.2 Å². The second kappa shape index (κ2) is 11.1. The third-order valence-electron chi connectivity index (χ3n) is 5.17. The number of ether oxygens (including phenoxy) is 1. The molecule has 0 saturated carbocycles. The van der Waals surface area contributed by atoms with Crippen LogP contribution in [0.25, 0.3) is 6.08 Å². The number of aryl methyl sites for hydroxylation is 1. The predicted octanol–water partition coefficient (Wildman–Crippen LogP) is 5.34. The van der Waals surface area contributed by atoms with Crippen molar-refractivity contribution in [3.05, 3.63) is 92.1 Å². The van der Waals surface area contributed by atoms with Crippen LogP contribution in [0.1, 0.15) is 11.1 Å². The van der Waals surface area contributed by atoms with Gasteiger partial charge in [0, 0.05) is 5.69 Å². The number of barbiturate groups is 1. The highest BCUT2D eigenvalue weighted by Crippen LogP contribution is 2.36. The maximum absolute atomic E-state index is 13.3. The van der Waals surface area contributed by atoms with Gasteiger partial charge in [-0.15, -0.1) is 0 Å². The molecule has 1 aliphatic rings. The fourth-order valence-electron chi connectivity index (χ4n) is 3.51. The van der Waals surface area contributed by atoms with E-state index in [-0.39, 0.29) is 23.8 Å². The van der Waals surface area contributed by atoms with Gasteiger partial charge in [0.25, 0.3) is 17.7 Å². The van der Waals surface area contributed by atoms with Crippen LogP contribution in [-0.4, -0.2) is 30.4 Å². The molecule has 2 N–H and O–H groups in total. The summed E-state index contributed by atoms with van der Waals surface area (Å²) in [6.45, 7) is 1.65. The lowest BCUT2D eigenvalue weighted by Gasteiger charge is -2.26. The number of carbonyl (C=O) groups is 4. The minimum Gasteiger partial charge on any atom is -0.481 e. The van der Waals surface area contributed by atoms with E-state index in [1.165, 1.54) is 18.2 Å². The molecule has 0 radical (unpaired) electrons. The number of urea groups is 1. The molecule has 8 nitrogen and oxygen atoms in total. The fraction of sp³-hybridized carbons (Fsp3) is 0.0769. The molecule has 4 rings (SSSR count). The second-order valence-electron chi connectivity index (χ2n) is 7.95. The molecule has 37 heavy (non-hydrogen) atoms. The van der Waals surface area contributed by atoms with Crippen LogP contribution in [0.2, 0.25) is 0 Å². The van der Waals surface area contributed by atoms with Gasteiger partial charge in [0.15, 0.2) is 6.61 Å². The molecule has 1 saturated heterocycles. The van der Waals surface area contributed by atoms with E-state index in [1.54, 1.807) is 18.2 Å². The molecule has 0 bridgehead atoms. The average Bonchev–Trinajstić information content (AvgIpc) is 2.82. The number of nitrogens with zero attached hydrogens (tertiary/aromatic N) is 1. The molecule has 3 aromatic carbocycles. The molecule has 11 heteroatoms. The van der Waals surface area contributed by atoms with E-state index in [0.717, 1.165) is 22.6 Å². The SMILES string of the molecule is Cc1cccc(NC(=O)COc2c(Br)cc(/C=C3\C(=O)NC(=O)N(c4ccc(F)cc4)C3=O)cc2Br)c1. The summed E-state index contributed by atoms with van der Waals surface area (Å²) in [5.74, 6) is -2.28. The number of nitrogens with one attached hydrogen (secondary N) is 2. The second-order valence-corrected chi connectivity index (χ2v) is 9.66. The maximum Gasteiger partial charge on any atom is 0.335 e. The summed E-state index contributed by atoms with van der Waals surface area (Å²) in [4.78, 5) is 50.8. The number of anilines is 2. The topological polar surface area (TPSA) is 105 Å². The van der Waals surface area contributed by atoms with Gasteiger partial charge < -0.3 is 10.1 Å². The first-order valence-corrected chi connectivity index (χ1v) is 12.4. The first-order chi connectivity index (χ1) is 17.6. The monoisotopic (exact) mass is 629 g/mol. The van der Waals surface area contributed by atoms with Crippen LogP contribution in [-0.2, 0) is 14.4 Å². The van der Waals surface area contributed by atoms with Crippen LogP contribution >= 0.6 is 31.9 Å². The largest absolute Gasteiger partial charge is 0.481 e. The third-order valence-corrected chi connectivity index (χ3v) is 6.35. The van der Waals surface area contributed by atoms with Crippen LogP contribution in [0.3, 0.4) is 0 Å². The number of halogens is 3. The van der Waals surface area contributed by atoms with Gasteiger partial charge in [-0.05, 0) is 105 Å². The Morgan fingerprint density at radius 1 is 1.05 bits per heavy atom. The van der Waals surface area contributed by atoms with E-state index in [9.17, 15) is 23.6 Å². The molecule has 188 valence electrons. The van der Waals surface area contributed by atoms with Crippen LogP contribution in [0.5, 0.6) is 5.75 Å². The van der Waals surface area contributed by atoms with Gasteiger partial charge in [-0.2, -0.15) is 0 Å². The van der Waals surface area contributed by atoms with Gasteiger partial charge in [0.1, 0.15) is 17.1 Å². The van der Waals surface area contributed by atoms with Crippen molar-refractivity contribution in [2.75, 3.05) is 16.8 Å². The van der Waals surface area contributed by atoms with Crippen molar-refractivity contribution in [1.29, 1.82) is 0 Å². The van der Waals surface area contributed by atoms with Gasteiger partial charge in [-0.25, -0.2) is 14.1 Å². The molecule has 5 amide bonds. The lowest BCUT2D eigenvalue weighted by molar-refractivity contribution is -0.122. The first kappa shape index (κ1) is 26.2. The summed E-state index contributed by atoms with van der Waals surface area (Å²) < 4.78 is 19.8. The van der Waals surface area contributed by atoms with E-state index in [4.69, 9.17) is 4.74 Å². The summed E-state index contributed by atoms with van der Waals surface area (Å²) in [7, 11) is 0. The molecule has 0 aliphatic carbocycles. The predicted molar refractivity (Wildman–Crippen MR) is 143 cm³/mol. The minimum atomic E-state index is -0.936. The number of hydrogen-bond acceptors (Lipinski definition) is 5. The molecular weight excluding hydrogens is 613 g/mol. The first-order valence-electron chi connectivity index (χ1n) is 10.8. The maximum atomic E-state index is 13.3. The zero-order valence-corrected chi connectivity index (χ0v) is 22.4. The van der Waals surface area contributed by atoms with Crippen molar-refractivity contribution >= 4 is 73.1 Å². The highest BCUT2D eigenvalue weighted by Gasteiger charge is 2.36. The van der Waals surface area contributed by atoms with Gasteiger partial charge in [0.05, 0.1) is 14.6 Å². The summed E-state index contributed by atoms with van der Waals surface area (Å²) in [6, 6.07) is 14.3. The zero-order valence-electron chi connectivity index (χ0n) is 19.2. The van der Waals surface area contributed by atoms with Crippen LogP contribution in [0.4, 0.5) is 20.6 Å². The normalized spacial score (nSPS) is 14.5. The minimum absolute atomic E-state index is 0.109. The summed E-state index contributed by atoms with van der Waals surface area (Å²) >= 11 is 6.77. The standard InChI is InChI=1S/C26H18Br2FN3O5/c1-14-3-2-4-17(9-14)30-22(33)13-37-23-20(27)11-15(12-21(23)28)10-19-24(34)31-26(36)32(25(19)35)18-7-5-16(29)6-8-18/h2-12H,13H2,1H3,(H,30,33)(H,31,34,36)/b19-10+. The van der Waals surface area contributed by atoms with Crippen LogP contribution < -0.4 is 20.3 Å². The number of imide groups is 2. The molecule has 0 unspecified atom stereocenters. The Morgan fingerprint density at radius 3 is 2.38 bits per heavy atom. The average molecular weight is 631 g/mol. The van der Waals surface area contributed by atoms with E-state index < -0.39 is 23.7 Å². The highest BCUT2D eigenvalue weighted by atomic mass is 79.9. The Balaban J connectivity index is 1.52. The van der Waals surface area contributed by atoms with E-state index >= 15 is 0 Å². The molecule has 1 fully saturated rings. The third kappa shape index (κ3) is 6.12. The summed E-state index contributed by atoms with van der Waals surface area (Å²) in [6.07, 6.45) is 1.31. The Kier molecular flexibility index (Phi) is 7.84. The fourth-order valence-corrected chi connectivity index (χ4v) is 4.96. The Morgan fingerprint density at radius 2 is 1.73 bits per heavy atom. The molecule has 0 atom stereocenters. The zero-order chi connectivity index (χ0) is 26.7. The smallest absolute Gasteiger partial charge is 0.335 e. The lowest BCUT2D eigenvalue weighted by Crippen LogP contribution is -2.54. The van der Waals surface area contributed by atoms with Crippen molar-refractivity contribution in [3.8, 4) is 5.75 Å². The van der Waals surface area contributed by atoms with Gasteiger partial charge in [-0.1, -0.05) is 12.1 Å². The van der Waals surface area contributed by atoms with Crippen molar-refractivity contribution in [3.63, 3.8) is 0 Å². The van der Waals surface area contributed by atoms with E-state index in [0.29, 0.717) is 25.9 Å². The van der Waals surface area contributed by atoms with Crippen LogP contribution in [0, 0.1) is 12.7 Å². The summed E-state index contributed by atoms with van der Waals surface area (Å²) in [5, 5.41) is 4.87. The Bertz CT molecular complexity index is 1430. The Hall–Kier alpha value is -3.83. The quantitative estimate of drug-likeness (QED) is 0.283. The molecule has 0 spiro atoms. The van der Waals surface area contributed by atoms with Crippen molar-refractivity contribution < 1.29 is 28.3 Å². The number of carbonyl (C=O) groups excluding carboxylic acids is 4. The molecule has 0 aromatic heterocycles. The molecule has 3 aromatic rings. The van der Waals surface area contributed by atoms with Crippen molar-refractivity contribution in [2.45, 2.75) is 6.92 Å². The molecular formula is C26H18Br2FN3O5. The van der Waals surface area contributed by atoms with Gasteiger partial charge >= 0.3 is 6.03 Å². The highest BCUT2D eigenvalue weighted by molar-refractivity contribution is 9.11. The lowest BCUT2D eigenvalue weighted by atomic mass is 10.1.